The molecule has 0 aliphatic rings. The first-order valence-corrected chi connectivity index (χ1v) is 4.43. The van der Waals surface area contributed by atoms with Gasteiger partial charge in [0.15, 0.2) is 0 Å². The molecule has 0 saturated carbocycles. The molecule has 1 aromatic carbocycles. The second-order valence-corrected chi connectivity index (χ2v) is 3.36. The molecule has 4 nitrogen and oxygen atoms in total. The smallest absolute Gasteiger partial charge is 0.0533 e. The highest BCUT2D eigenvalue weighted by molar-refractivity contribution is 5.55. The number of anilines is 1. The molecule has 0 bridgehead atoms. The van der Waals surface area contributed by atoms with Crippen LogP contribution in [0.25, 0.3) is 10.4 Å². The fourth-order valence-corrected chi connectivity index (χ4v) is 1.41. The highest BCUT2D eigenvalue weighted by Gasteiger charge is 2.05. The van der Waals surface area contributed by atoms with E-state index in [1.54, 1.807) is 0 Å². The van der Waals surface area contributed by atoms with E-state index in [0.717, 1.165) is 16.8 Å². The number of benzene rings is 1. The van der Waals surface area contributed by atoms with Crippen molar-refractivity contribution in [3.05, 3.63) is 39.8 Å². The number of aryl methyl sites for hydroxylation is 1. The Bertz CT molecular complexity index is 364. The predicted octanol–water partition coefficient (Wildman–Crippen LogP) is 2.87. The van der Waals surface area contributed by atoms with Gasteiger partial charge in [-0.15, -0.1) is 0 Å². The van der Waals surface area contributed by atoms with Gasteiger partial charge in [-0.2, -0.15) is 0 Å². The normalized spacial score (nSPS) is 9.36. The van der Waals surface area contributed by atoms with E-state index in [2.05, 4.69) is 10.0 Å². The number of hydrogen-bond donors (Lipinski definition) is 0. The van der Waals surface area contributed by atoms with E-state index in [1.165, 1.54) is 0 Å². The van der Waals surface area contributed by atoms with Crippen LogP contribution >= 0.6 is 0 Å². The molecular weight excluding hydrogens is 176 g/mol. The Balaban J connectivity index is 3.14. The summed E-state index contributed by atoms with van der Waals surface area (Å²) in [6, 6.07) is 6.05. The molecule has 0 N–H and O–H groups in total. The first-order valence-electron chi connectivity index (χ1n) is 4.43. The lowest BCUT2D eigenvalue weighted by Crippen LogP contribution is -2.11. The Morgan fingerprint density at radius 1 is 1.43 bits per heavy atom. The lowest BCUT2D eigenvalue weighted by molar-refractivity contribution is 0.997. The molecule has 0 radical (unpaired) electrons. The van der Waals surface area contributed by atoms with Crippen molar-refractivity contribution in [2.45, 2.75) is 13.5 Å². The van der Waals surface area contributed by atoms with Crippen molar-refractivity contribution < 1.29 is 0 Å². The van der Waals surface area contributed by atoms with Gasteiger partial charge >= 0.3 is 0 Å². The molecule has 0 aliphatic carbocycles. The van der Waals surface area contributed by atoms with Crippen LogP contribution in [-0.2, 0) is 6.54 Å². The molecule has 1 aromatic rings. The van der Waals surface area contributed by atoms with E-state index in [0.29, 0.717) is 6.54 Å². The molecule has 0 aliphatic heterocycles. The van der Waals surface area contributed by atoms with E-state index in [-0.39, 0.29) is 0 Å². The number of hydrogen-bond acceptors (Lipinski definition) is 2. The molecular formula is C10H14N4. The molecule has 0 spiro atoms. The van der Waals surface area contributed by atoms with Crippen molar-refractivity contribution in [1.29, 1.82) is 0 Å². The molecule has 74 valence electrons. The minimum atomic E-state index is 0.413. The van der Waals surface area contributed by atoms with Gasteiger partial charge in [0.05, 0.1) is 6.54 Å². The van der Waals surface area contributed by atoms with Crippen molar-refractivity contribution in [1.82, 2.24) is 0 Å². The average Bonchev–Trinajstić information content (AvgIpc) is 2.15. The summed E-state index contributed by atoms with van der Waals surface area (Å²) in [5, 5.41) is 3.60. The molecule has 0 fully saturated rings. The summed E-state index contributed by atoms with van der Waals surface area (Å²) in [6.45, 7) is 2.44. The summed E-state index contributed by atoms with van der Waals surface area (Å²) in [6.07, 6.45) is 0. The van der Waals surface area contributed by atoms with E-state index >= 15 is 0 Å². The fraction of sp³-hybridized carbons (Fsp3) is 0.400. The highest BCUT2D eigenvalue weighted by atomic mass is 15.1. The van der Waals surface area contributed by atoms with Gasteiger partial charge in [-0.05, 0) is 29.6 Å². The molecule has 0 saturated heterocycles. The van der Waals surface area contributed by atoms with Crippen LogP contribution in [0.3, 0.4) is 0 Å². The molecule has 0 atom stereocenters. The number of nitrogens with zero attached hydrogens (tertiary/aromatic N) is 4. The standard InChI is InChI=1S/C10H14N4/c1-8-5-4-6-10(14(2)3)9(8)7-12-13-11/h4-6H,7H2,1-3H3. The molecule has 0 aromatic heterocycles. The van der Waals surface area contributed by atoms with Crippen molar-refractivity contribution in [2.24, 2.45) is 5.11 Å². The van der Waals surface area contributed by atoms with Gasteiger partial charge in [-0.25, -0.2) is 0 Å². The Morgan fingerprint density at radius 2 is 2.14 bits per heavy atom. The first kappa shape index (κ1) is 10.4. The van der Waals surface area contributed by atoms with Crippen LogP contribution in [-0.4, -0.2) is 14.1 Å². The third kappa shape index (κ3) is 2.18. The van der Waals surface area contributed by atoms with Crippen molar-refractivity contribution >= 4 is 5.69 Å². The lowest BCUT2D eigenvalue weighted by atomic mass is 10.1. The molecule has 0 heterocycles. The third-order valence-corrected chi connectivity index (χ3v) is 2.16. The summed E-state index contributed by atoms with van der Waals surface area (Å²) in [7, 11) is 3.96. The van der Waals surface area contributed by atoms with Crippen LogP contribution in [0.5, 0.6) is 0 Å². The molecule has 0 unspecified atom stereocenters. The fourth-order valence-electron chi connectivity index (χ4n) is 1.41. The number of rotatable bonds is 3. The maximum Gasteiger partial charge on any atom is 0.0533 e. The number of azide groups is 1. The zero-order valence-electron chi connectivity index (χ0n) is 8.73. The van der Waals surface area contributed by atoms with Crippen molar-refractivity contribution in [3.8, 4) is 0 Å². The maximum atomic E-state index is 8.29. The zero-order chi connectivity index (χ0) is 10.6. The van der Waals surface area contributed by atoms with Crippen LogP contribution in [0.15, 0.2) is 23.3 Å². The first-order chi connectivity index (χ1) is 6.66. The van der Waals surface area contributed by atoms with Gasteiger partial charge in [0.25, 0.3) is 0 Å². The highest BCUT2D eigenvalue weighted by Crippen LogP contribution is 2.22. The lowest BCUT2D eigenvalue weighted by Gasteiger charge is -2.18. The predicted molar refractivity (Wildman–Crippen MR) is 58.4 cm³/mol. The second-order valence-electron chi connectivity index (χ2n) is 3.36. The SMILES string of the molecule is Cc1cccc(N(C)C)c1CN=[N+]=[N-]. The zero-order valence-corrected chi connectivity index (χ0v) is 8.73. The molecule has 14 heavy (non-hydrogen) atoms. The second kappa shape index (κ2) is 4.53. The van der Waals surface area contributed by atoms with Crippen molar-refractivity contribution in [3.63, 3.8) is 0 Å². The van der Waals surface area contributed by atoms with Gasteiger partial charge in [0.1, 0.15) is 0 Å². The summed E-state index contributed by atoms with van der Waals surface area (Å²) < 4.78 is 0. The van der Waals surface area contributed by atoms with Gasteiger partial charge in [-0.3, -0.25) is 0 Å². The monoisotopic (exact) mass is 190 g/mol. The molecule has 4 heteroatoms. The van der Waals surface area contributed by atoms with Crippen LogP contribution in [0, 0.1) is 6.92 Å². The topological polar surface area (TPSA) is 52.0 Å². The summed E-state index contributed by atoms with van der Waals surface area (Å²) in [4.78, 5) is 4.80. The maximum absolute atomic E-state index is 8.29. The van der Waals surface area contributed by atoms with Gasteiger partial charge in [-0.1, -0.05) is 17.2 Å². The summed E-state index contributed by atoms with van der Waals surface area (Å²) >= 11 is 0. The largest absolute Gasteiger partial charge is 0.377 e. The van der Waals surface area contributed by atoms with Crippen LogP contribution in [0.1, 0.15) is 11.1 Å². The summed E-state index contributed by atoms with van der Waals surface area (Å²) in [5.41, 5.74) is 11.7. The van der Waals surface area contributed by atoms with Gasteiger partial charge < -0.3 is 4.90 Å². The van der Waals surface area contributed by atoms with Crippen molar-refractivity contribution in [2.75, 3.05) is 19.0 Å². The van der Waals surface area contributed by atoms with E-state index < -0.39 is 0 Å². The van der Waals surface area contributed by atoms with Crippen LogP contribution in [0.4, 0.5) is 5.69 Å². The Morgan fingerprint density at radius 3 is 2.71 bits per heavy atom. The van der Waals surface area contributed by atoms with E-state index in [9.17, 15) is 0 Å². The molecule has 1 rings (SSSR count). The van der Waals surface area contributed by atoms with E-state index in [1.807, 2.05) is 44.1 Å². The summed E-state index contributed by atoms with van der Waals surface area (Å²) in [5.74, 6) is 0. The Labute approximate surface area is 83.8 Å². The van der Waals surface area contributed by atoms with E-state index in [4.69, 9.17) is 5.53 Å². The quantitative estimate of drug-likeness (QED) is 0.410. The molecule has 0 amide bonds. The Kier molecular flexibility index (Phi) is 3.37. The van der Waals surface area contributed by atoms with Gasteiger partial charge in [0, 0.05) is 24.7 Å². The van der Waals surface area contributed by atoms with Crippen LogP contribution in [0.2, 0.25) is 0 Å². The Hall–Kier alpha value is -1.67. The minimum absolute atomic E-state index is 0.413. The minimum Gasteiger partial charge on any atom is -0.377 e. The van der Waals surface area contributed by atoms with Crippen LogP contribution < -0.4 is 4.90 Å². The van der Waals surface area contributed by atoms with Gasteiger partial charge in [0.2, 0.25) is 0 Å². The third-order valence-electron chi connectivity index (χ3n) is 2.16. The average molecular weight is 190 g/mol.